The smallest absolute Gasteiger partial charge is 0.254 e. The number of hydrogen-bond acceptors (Lipinski definition) is 7. The lowest BCUT2D eigenvalue weighted by atomic mass is 9.92. The van der Waals surface area contributed by atoms with Gasteiger partial charge in [0, 0.05) is 36.0 Å². The van der Waals surface area contributed by atoms with E-state index in [0.717, 1.165) is 47.8 Å². The number of benzene rings is 2. The quantitative estimate of drug-likeness (QED) is 0.346. The number of aromatic amines is 1. The Hall–Kier alpha value is -3.40. The normalized spacial score (nSPS) is 19.2. The maximum absolute atomic E-state index is 13.1. The van der Waals surface area contributed by atoms with E-state index in [4.69, 9.17) is 32.7 Å². The minimum Gasteiger partial charge on any atom is -0.495 e. The minimum atomic E-state index is -0.258. The molecule has 6 rings (SSSR count). The number of nitrogens with zero attached hydrogens (tertiary/aromatic N) is 4. The van der Waals surface area contributed by atoms with Crippen molar-refractivity contribution in [3.8, 4) is 34.1 Å². The van der Waals surface area contributed by atoms with Crippen molar-refractivity contribution >= 4 is 40.1 Å². The number of rotatable bonds is 5. The molecule has 2 N–H and O–H groups in total. The Bertz CT molecular complexity index is 1540. The van der Waals surface area contributed by atoms with Gasteiger partial charge >= 0.3 is 0 Å². The Labute approximate surface area is 228 Å². The van der Waals surface area contributed by atoms with Crippen molar-refractivity contribution in [3.63, 3.8) is 0 Å². The molecule has 0 spiro atoms. The maximum atomic E-state index is 13.1. The number of amides is 1. The molecule has 38 heavy (non-hydrogen) atoms. The first-order valence-electron chi connectivity index (χ1n) is 12.3. The molecule has 0 bridgehead atoms. The van der Waals surface area contributed by atoms with Gasteiger partial charge in [-0.15, -0.1) is 0 Å². The molecule has 2 aliphatic rings. The highest BCUT2D eigenvalue weighted by Crippen LogP contribution is 2.45. The van der Waals surface area contributed by atoms with Gasteiger partial charge in [0.05, 0.1) is 41.3 Å². The van der Waals surface area contributed by atoms with Gasteiger partial charge in [-0.25, -0.2) is 9.97 Å². The van der Waals surface area contributed by atoms with E-state index in [9.17, 15) is 9.90 Å². The van der Waals surface area contributed by atoms with Crippen LogP contribution in [-0.4, -0.2) is 62.4 Å². The Morgan fingerprint density at radius 3 is 2.45 bits per heavy atom. The molecule has 9 nitrogen and oxygen atoms in total. The van der Waals surface area contributed by atoms with Crippen molar-refractivity contribution in [1.82, 2.24) is 25.1 Å². The van der Waals surface area contributed by atoms with Gasteiger partial charge in [0.25, 0.3) is 5.91 Å². The first-order chi connectivity index (χ1) is 18.4. The number of H-pyrrole nitrogens is 1. The number of methoxy groups -OCH3 is 2. The fraction of sp³-hybridized carbons (Fsp3) is 0.333. The molecule has 1 amide bonds. The van der Waals surface area contributed by atoms with E-state index in [-0.39, 0.29) is 28.1 Å². The molecule has 1 saturated carbocycles. The molecule has 2 aromatic carbocycles. The third-order valence-corrected chi connectivity index (χ3v) is 8.18. The molecule has 1 aliphatic carbocycles. The van der Waals surface area contributed by atoms with Crippen LogP contribution in [-0.2, 0) is 6.54 Å². The molecule has 0 unspecified atom stereocenters. The standard InChI is InChI=1S/C27H25Cl2N5O4/c1-37-19-10-20(38-2)23(29)21(22(19)28)26-30-11-18-24(32-33-25(18)31-26)13-3-8-17-14(9-13)12-34(27(17)36)15-4-6-16(35)7-5-15/h3,8-11,15-16,35H,4-7,12H2,1-2H3,(H,30,31,32,33)/t15-,16+. The molecule has 196 valence electrons. The topological polar surface area (TPSA) is 113 Å². The van der Waals surface area contributed by atoms with E-state index in [1.165, 1.54) is 14.2 Å². The summed E-state index contributed by atoms with van der Waals surface area (Å²) in [6.07, 6.45) is 4.53. The van der Waals surface area contributed by atoms with Gasteiger partial charge < -0.3 is 19.5 Å². The lowest BCUT2D eigenvalue weighted by Gasteiger charge is -2.32. The first kappa shape index (κ1) is 24.9. The van der Waals surface area contributed by atoms with E-state index < -0.39 is 0 Å². The number of aliphatic hydroxyl groups is 1. The Morgan fingerprint density at radius 1 is 1.05 bits per heavy atom. The zero-order valence-electron chi connectivity index (χ0n) is 20.8. The summed E-state index contributed by atoms with van der Waals surface area (Å²) in [4.78, 5) is 24.2. The van der Waals surface area contributed by atoms with Crippen molar-refractivity contribution in [2.75, 3.05) is 14.2 Å². The molecular weight excluding hydrogens is 529 g/mol. The monoisotopic (exact) mass is 553 g/mol. The minimum absolute atomic E-state index is 0.0512. The average Bonchev–Trinajstić information content (AvgIpc) is 3.50. The van der Waals surface area contributed by atoms with Gasteiger partial charge in [-0.05, 0) is 43.4 Å². The van der Waals surface area contributed by atoms with Crippen LogP contribution in [0.25, 0.3) is 33.7 Å². The van der Waals surface area contributed by atoms with E-state index in [1.54, 1.807) is 12.3 Å². The van der Waals surface area contributed by atoms with Gasteiger partial charge in [-0.1, -0.05) is 29.3 Å². The van der Waals surface area contributed by atoms with Gasteiger partial charge in [0.1, 0.15) is 17.2 Å². The molecular formula is C27H25Cl2N5O4. The molecule has 0 atom stereocenters. The highest BCUT2D eigenvalue weighted by atomic mass is 35.5. The van der Waals surface area contributed by atoms with E-state index in [2.05, 4.69) is 20.2 Å². The van der Waals surface area contributed by atoms with Crippen molar-refractivity contribution in [3.05, 3.63) is 51.6 Å². The second-order valence-corrected chi connectivity index (χ2v) is 10.3. The third-order valence-electron chi connectivity index (χ3n) is 7.43. The van der Waals surface area contributed by atoms with Crippen LogP contribution in [0.15, 0.2) is 30.5 Å². The fourth-order valence-electron chi connectivity index (χ4n) is 5.39. The average molecular weight is 554 g/mol. The first-order valence-corrected chi connectivity index (χ1v) is 13.1. The number of ether oxygens (including phenoxy) is 2. The number of aromatic nitrogens is 4. The Morgan fingerprint density at radius 2 is 1.76 bits per heavy atom. The molecule has 1 aliphatic heterocycles. The second-order valence-electron chi connectivity index (χ2n) is 9.58. The van der Waals surface area contributed by atoms with E-state index in [1.807, 2.05) is 23.1 Å². The van der Waals surface area contributed by atoms with Gasteiger partial charge in [0.15, 0.2) is 11.5 Å². The third kappa shape index (κ3) is 4.05. The summed E-state index contributed by atoms with van der Waals surface area (Å²) in [5.74, 6) is 1.13. The number of carbonyl (C=O) groups is 1. The van der Waals surface area contributed by atoms with Crippen molar-refractivity contribution in [1.29, 1.82) is 0 Å². The predicted octanol–water partition coefficient (Wildman–Crippen LogP) is 5.27. The zero-order valence-corrected chi connectivity index (χ0v) is 22.3. The molecule has 0 radical (unpaired) electrons. The lowest BCUT2D eigenvalue weighted by molar-refractivity contribution is 0.0519. The summed E-state index contributed by atoms with van der Waals surface area (Å²) in [6, 6.07) is 7.54. The van der Waals surface area contributed by atoms with E-state index in [0.29, 0.717) is 40.8 Å². The highest BCUT2D eigenvalue weighted by molar-refractivity contribution is 6.40. The van der Waals surface area contributed by atoms with Crippen LogP contribution in [0.3, 0.4) is 0 Å². The van der Waals surface area contributed by atoms with E-state index >= 15 is 0 Å². The lowest BCUT2D eigenvalue weighted by Crippen LogP contribution is -2.39. The number of nitrogens with one attached hydrogen (secondary N) is 1. The summed E-state index contributed by atoms with van der Waals surface area (Å²) in [6.45, 7) is 0.556. The number of carbonyl (C=O) groups excluding carboxylic acids is 1. The van der Waals surface area contributed by atoms with Crippen LogP contribution >= 0.6 is 23.2 Å². The summed E-state index contributed by atoms with van der Waals surface area (Å²) in [7, 11) is 3.01. The van der Waals surface area contributed by atoms with Gasteiger partial charge in [-0.3, -0.25) is 9.89 Å². The van der Waals surface area contributed by atoms with Crippen LogP contribution in [0.1, 0.15) is 41.6 Å². The molecule has 11 heteroatoms. The summed E-state index contributed by atoms with van der Waals surface area (Å²) in [5, 5.41) is 18.6. The van der Waals surface area contributed by atoms with Crippen LogP contribution < -0.4 is 9.47 Å². The Balaban J connectivity index is 1.33. The molecule has 2 aromatic heterocycles. The van der Waals surface area contributed by atoms with Crippen molar-refractivity contribution < 1.29 is 19.4 Å². The number of aliphatic hydroxyl groups excluding tert-OH is 1. The van der Waals surface area contributed by atoms with Crippen LogP contribution in [0.2, 0.25) is 10.0 Å². The van der Waals surface area contributed by atoms with Gasteiger partial charge in [-0.2, -0.15) is 5.10 Å². The van der Waals surface area contributed by atoms with Crippen LogP contribution in [0.4, 0.5) is 0 Å². The largest absolute Gasteiger partial charge is 0.495 e. The van der Waals surface area contributed by atoms with Gasteiger partial charge in [0.2, 0.25) is 0 Å². The summed E-state index contributed by atoms with van der Waals surface area (Å²) in [5.41, 5.74) is 4.14. The number of fused-ring (bicyclic) bond motifs is 2. The highest BCUT2D eigenvalue weighted by Gasteiger charge is 2.35. The van der Waals surface area contributed by atoms with Crippen molar-refractivity contribution in [2.45, 2.75) is 44.4 Å². The predicted molar refractivity (Wildman–Crippen MR) is 144 cm³/mol. The molecule has 3 heterocycles. The SMILES string of the molecule is COc1cc(OC)c(Cl)c(-c2ncc3c(-c4ccc5c(c4)CN([C@H]4CC[C@@H](O)CC4)C5=O)n[nH]c3n2)c1Cl. The summed E-state index contributed by atoms with van der Waals surface area (Å²) >= 11 is 13.1. The molecule has 0 saturated heterocycles. The van der Waals surface area contributed by atoms with Crippen LogP contribution in [0, 0.1) is 0 Å². The maximum Gasteiger partial charge on any atom is 0.254 e. The zero-order chi connectivity index (χ0) is 26.6. The summed E-state index contributed by atoms with van der Waals surface area (Å²) < 4.78 is 10.7. The van der Waals surface area contributed by atoms with Crippen molar-refractivity contribution in [2.24, 2.45) is 0 Å². The van der Waals surface area contributed by atoms with Crippen LogP contribution in [0.5, 0.6) is 11.5 Å². The Kier molecular flexibility index (Phi) is 6.37. The fourth-order valence-corrected chi connectivity index (χ4v) is 6.06. The molecule has 4 aromatic rings. The number of halogens is 2. The molecule has 1 fully saturated rings. The second kappa shape index (κ2) is 9.72. The number of hydrogen-bond donors (Lipinski definition) is 2.